The monoisotopic (exact) mass is 309 g/mol. The van der Waals surface area contributed by atoms with Gasteiger partial charge in [-0.3, -0.25) is 9.59 Å². The molecule has 122 valence electrons. The van der Waals surface area contributed by atoms with Crippen molar-refractivity contribution < 1.29 is 24.2 Å². The van der Waals surface area contributed by atoms with E-state index < -0.39 is 5.97 Å². The molecule has 0 radical (unpaired) electrons. The minimum absolute atomic E-state index is 0.0702. The van der Waals surface area contributed by atoms with Crippen molar-refractivity contribution in [1.29, 1.82) is 0 Å². The first-order valence-electron chi connectivity index (χ1n) is 7.46. The summed E-state index contributed by atoms with van der Waals surface area (Å²) in [5, 5.41) is 11.2. The zero-order valence-electron chi connectivity index (χ0n) is 12.8. The first-order valence-corrected chi connectivity index (χ1v) is 7.46. The van der Waals surface area contributed by atoms with Crippen molar-refractivity contribution in [3.63, 3.8) is 0 Å². The maximum Gasteiger partial charge on any atom is 0.303 e. The number of benzene rings is 1. The molecule has 0 saturated heterocycles. The standard InChI is InChI=1S/C16H23NO5/c1-2-21-13-8-5-6-9-14(13)22-12-15(18)17-11-7-3-4-10-16(19)20/h5-6,8-9H,2-4,7,10-12H2,1H3,(H,17,18)(H,19,20). The molecule has 0 heterocycles. The van der Waals surface area contributed by atoms with E-state index in [4.69, 9.17) is 14.6 Å². The van der Waals surface area contributed by atoms with Gasteiger partial charge in [0.15, 0.2) is 18.1 Å². The Balaban J connectivity index is 2.19. The van der Waals surface area contributed by atoms with E-state index >= 15 is 0 Å². The Morgan fingerprint density at radius 3 is 2.41 bits per heavy atom. The van der Waals surface area contributed by atoms with Crippen molar-refractivity contribution in [2.24, 2.45) is 0 Å². The predicted octanol–water partition coefficient (Wildman–Crippen LogP) is 2.23. The molecule has 22 heavy (non-hydrogen) atoms. The molecule has 0 aliphatic rings. The normalized spacial score (nSPS) is 10.0. The Labute approximate surface area is 130 Å². The maximum atomic E-state index is 11.7. The van der Waals surface area contributed by atoms with Gasteiger partial charge >= 0.3 is 5.97 Å². The van der Waals surface area contributed by atoms with Gasteiger partial charge in [0, 0.05) is 13.0 Å². The van der Waals surface area contributed by atoms with Gasteiger partial charge in [0.2, 0.25) is 0 Å². The van der Waals surface area contributed by atoms with Crippen molar-refractivity contribution in [3.05, 3.63) is 24.3 Å². The largest absolute Gasteiger partial charge is 0.490 e. The van der Waals surface area contributed by atoms with Crippen LogP contribution in [0.15, 0.2) is 24.3 Å². The Bertz CT molecular complexity index is 475. The van der Waals surface area contributed by atoms with Crippen LogP contribution in [-0.4, -0.2) is 36.7 Å². The van der Waals surface area contributed by atoms with Gasteiger partial charge in [0.05, 0.1) is 6.61 Å². The van der Waals surface area contributed by atoms with Crippen LogP contribution >= 0.6 is 0 Å². The second kappa shape index (κ2) is 10.5. The van der Waals surface area contributed by atoms with Gasteiger partial charge in [-0.15, -0.1) is 0 Å². The van der Waals surface area contributed by atoms with E-state index in [1.165, 1.54) is 0 Å². The quantitative estimate of drug-likeness (QED) is 0.612. The van der Waals surface area contributed by atoms with Gasteiger partial charge in [0.1, 0.15) is 0 Å². The van der Waals surface area contributed by atoms with Crippen LogP contribution < -0.4 is 14.8 Å². The Hall–Kier alpha value is -2.24. The van der Waals surface area contributed by atoms with Gasteiger partial charge in [-0.2, -0.15) is 0 Å². The molecular weight excluding hydrogens is 286 g/mol. The molecule has 1 amide bonds. The Morgan fingerprint density at radius 1 is 1.09 bits per heavy atom. The molecule has 0 spiro atoms. The van der Waals surface area contributed by atoms with Crippen molar-refractivity contribution in [1.82, 2.24) is 5.32 Å². The molecular formula is C16H23NO5. The zero-order valence-corrected chi connectivity index (χ0v) is 12.8. The lowest BCUT2D eigenvalue weighted by Gasteiger charge is -2.11. The van der Waals surface area contributed by atoms with Gasteiger partial charge in [-0.1, -0.05) is 18.6 Å². The molecule has 2 N–H and O–H groups in total. The lowest BCUT2D eigenvalue weighted by atomic mass is 10.2. The summed E-state index contributed by atoms with van der Waals surface area (Å²) < 4.78 is 10.9. The number of aliphatic carboxylic acids is 1. The smallest absolute Gasteiger partial charge is 0.303 e. The number of ether oxygens (including phenoxy) is 2. The third kappa shape index (κ3) is 7.52. The molecule has 0 fully saturated rings. The SMILES string of the molecule is CCOc1ccccc1OCC(=O)NCCCCCC(=O)O. The van der Waals surface area contributed by atoms with Crippen LogP contribution in [0.2, 0.25) is 0 Å². The average Bonchev–Trinajstić information content (AvgIpc) is 2.50. The van der Waals surface area contributed by atoms with Crippen LogP contribution in [0.25, 0.3) is 0 Å². The zero-order chi connectivity index (χ0) is 16.2. The number of carbonyl (C=O) groups is 2. The van der Waals surface area contributed by atoms with Crippen LogP contribution in [0.3, 0.4) is 0 Å². The molecule has 1 aromatic carbocycles. The highest BCUT2D eigenvalue weighted by molar-refractivity contribution is 5.77. The lowest BCUT2D eigenvalue weighted by molar-refractivity contribution is -0.137. The molecule has 0 saturated carbocycles. The number of unbranched alkanes of at least 4 members (excludes halogenated alkanes) is 2. The lowest BCUT2D eigenvalue weighted by Crippen LogP contribution is -2.29. The molecule has 6 nitrogen and oxygen atoms in total. The van der Waals surface area contributed by atoms with E-state index in [1.807, 2.05) is 19.1 Å². The first-order chi connectivity index (χ1) is 10.6. The number of carboxylic acids is 1. The van der Waals surface area contributed by atoms with Gasteiger partial charge < -0.3 is 19.9 Å². The van der Waals surface area contributed by atoms with Crippen molar-refractivity contribution in [2.75, 3.05) is 19.8 Å². The number of nitrogens with one attached hydrogen (secondary N) is 1. The molecule has 0 aliphatic heterocycles. The highest BCUT2D eigenvalue weighted by Gasteiger charge is 2.06. The summed E-state index contributed by atoms with van der Waals surface area (Å²) in [7, 11) is 0. The number of carbonyl (C=O) groups excluding carboxylic acids is 1. The minimum atomic E-state index is -0.787. The molecule has 6 heteroatoms. The fourth-order valence-electron chi connectivity index (χ4n) is 1.84. The molecule has 1 rings (SSSR count). The minimum Gasteiger partial charge on any atom is -0.490 e. The highest BCUT2D eigenvalue weighted by Crippen LogP contribution is 2.26. The van der Waals surface area contributed by atoms with Gasteiger partial charge in [-0.05, 0) is 31.9 Å². The highest BCUT2D eigenvalue weighted by atomic mass is 16.5. The summed E-state index contributed by atoms with van der Waals surface area (Å²) in [6.45, 7) is 2.87. The van der Waals surface area contributed by atoms with Crippen LogP contribution in [0.5, 0.6) is 11.5 Å². The van der Waals surface area contributed by atoms with Crippen LogP contribution in [-0.2, 0) is 9.59 Å². The number of rotatable bonds is 11. The molecule has 0 unspecified atom stereocenters. The topological polar surface area (TPSA) is 84.9 Å². The fourth-order valence-corrected chi connectivity index (χ4v) is 1.84. The van der Waals surface area contributed by atoms with Crippen LogP contribution in [0, 0.1) is 0 Å². The van der Waals surface area contributed by atoms with Crippen LogP contribution in [0.4, 0.5) is 0 Å². The summed E-state index contributed by atoms with van der Waals surface area (Å²) in [5.41, 5.74) is 0. The van der Waals surface area contributed by atoms with E-state index in [9.17, 15) is 9.59 Å². The summed E-state index contributed by atoms with van der Waals surface area (Å²) >= 11 is 0. The number of carboxylic acid groups (broad SMARTS) is 1. The Morgan fingerprint density at radius 2 is 1.77 bits per heavy atom. The summed E-state index contributed by atoms with van der Waals surface area (Å²) in [5.74, 6) is 0.169. The molecule has 0 atom stereocenters. The van der Waals surface area contributed by atoms with Crippen molar-refractivity contribution in [2.45, 2.75) is 32.6 Å². The van der Waals surface area contributed by atoms with E-state index in [2.05, 4.69) is 5.32 Å². The van der Waals surface area contributed by atoms with E-state index in [-0.39, 0.29) is 18.9 Å². The summed E-state index contributed by atoms with van der Waals surface area (Å²) in [6, 6.07) is 7.20. The van der Waals surface area contributed by atoms with E-state index in [0.717, 1.165) is 12.8 Å². The predicted molar refractivity (Wildman–Crippen MR) is 82.2 cm³/mol. The molecule has 0 bridgehead atoms. The van der Waals surface area contributed by atoms with Gasteiger partial charge in [-0.25, -0.2) is 0 Å². The molecule has 0 aromatic heterocycles. The summed E-state index contributed by atoms with van der Waals surface area (Å²) in [6.07, 6.45) is 2.34. The van der Waals surface area contributed by atoms with Crippen molar-refractivity contribution >= 4 is 11.9 Å². The first kappa shape index (κ1) is 17.8. The third-order valence-corrected chi connectivity index (χ3v) is 2.90. The molecule has 0 aliphatic carbocycles. The third-order valence-electron chi connectivity index (χ3n) is 2.90. The maximum absolute atomic E-state index is 11.7. The fraction of sp³-hybridized carbons (Fsp3) is 0.500. The van der Waals surface area contributed by atoms with E-state index in [1.54, 1.807) is 12.1 Å². The number of para-hydroxylation sites is 2. The van der Waals surface area contributed by atoms with Gasteiger partial charge in [0.25, 0.3) is 5.91 Å². The van der Waals surface area contributed by atoms with E-state index in [0.29, 0.717) is 31.1 Å². The number of hydrogen-bond donors (Lipinski definition) is 2. The Kier molecular flexibility index (Phi) is 8.49. The second-order valence-electron chi connectivity index (χ2n) is 4.72. The van der Waals surface area contributed by atoms with Crippen LogP contribution in [0.1, 0.15) is 32.6 Å². The van der Waals surface area contributed by atoms with Crippen molar-refractivity contribution in [3.8, 4) is 11.5 Å². The molecule has 1 aromatic rings. The summed E-state index contributed by atoms with van der Waals surface area (Å²) in [4.78, 5) is 22.0. The number of amides is 1. The average molecular weight is 309 g/mol. The second-order valence-corrected chi connectivity index (χ2v) is 4.72. The number of hydrogen-bond acceptors (Lipinski definition) is 4.